The van der Waals surface area contributed by atoms with Gasteiger partial charge in [0.1, 0.15) is 18.1 Å². The fourth-order valence-corrected chi connectivity index (χ4v) is 2.04. The lowest BCUT2D eigenvalue weighted by Gasteiger charge is -2.09. The van der Waals surface area contributed by atoms with Crippen LogP contribution in [0.25, 0.3) is 0 Å². The number of nitrogens with one attached hydrogen (secondary N) is 1. The zero-order valence-electron chi connectivity index (χ0n) is 12.4. The standard InChI is InChI=1S/C17H20ClNO2/c1-13-11-16(7-8-17(13)18)21-10-9-19-12-14-3-5-15(20-2)6-4-14/h3-8,11,19H,9-10,12H2,1-2H3. The summed E-state index contributed by atoms with van der Waals surface area (Å²) in [6.45, 7) is 4.19. The van der Waals surface area contributed by atoms with Gasteiger partial charge in [0.05, 0.1) is 7.11 Å². The molecule has 0 radical (unpaired) electrons. The Morgan fingerprint density at radius 1 is 1.05 bits per heavy atom. The second-order valence-corrected chi connectivity index (χ2v) is 5.19. The molecule has 0 bridgehead atoms. The van der Waals surface area contributed by atoms with Crippen LogP contribution >= 0.6 is 11.6 Å². The van der Waals surface area contributed by atoms with Gasteiger partial charge in [0.2, 0.25) is 0 Å². The topological polar surface area (TPSA) is 30.5 Å². The van der Waals surface area contributed by atoms with E-state index < -0.39 is 0 Å². The molecule has 0 unspecified atom stereocenters. The molecule has 0 saturated carbocycles. The highest BCUT2D eigenvalue weighted by atomic mass is 35.5. The van der Waals surface area contributed by atoms with Gasteiger partial charge in [-0.1, -0.05) is 23.7 Å². The third-order valence-corrected chi connectivity index (χ3v) is 3.59. The molecule has 0 heterocycles. The minimum absolute atomic E-state index is 0.622. The molecule has 0 aromatic heterocycles. The number of hydrogen-bond acceptors (Lipinski definition) is 3. The molecule has 3 nitrogen and oxygen atoms in total. The molecule has 112 valence electrons. The molecule has 2 aromatic rings. The van der Waals surface area contributed by atoms with Crippen molar-refractivity contribution in [1.82, 2.24) is 5.32 Å². The summed E-state index contributed by atoms with van der Waals surface area (Å²) < 4.78 is 10.8. The highest BCUT2D eigenvalue weighted by Gasteiger charge is 1.99. The molecule has 21 heavy (non-hydrogen) atoms. The van der Waals surface area contributed by atoms with Crippen molar-refractivity contribution in [3.63, 3.8) is 0 Å². The third-order valence-electron chi connectivity index (χ3n) is 3.17. The van der Waals surface area contributed by atoms with Gasteiger partial charge < -0.3 is 14.8 Å². The van der Waals surface area contributed by atoms with E-state index in [9.17, 15) is 0 Å². The van der Waals surface area contributed by atoms with Crippen LogP contribution < -0.4 is 14.8 Å². The van der Waals surface area contributed by atoms with Gasteiger partial charge in [-0.15, -0.1) is 0 Å². The number of benzene rings is 2. The molecule has 0 aliphatic rings. The predicted octanol–water partition coefficient (Wildman–Crippen LogP) is 3.83. The van der Waals surface area contributed by atoms with Crippen LogP contribution in [0, 0.1) is 6.92 Å². The number of rotatable bonds is 7. The maximum Gasteiger partial charge on any atom is 0.119 e. The van der Waals surface area contributed by atoms with Gasteiger partial charge in [0.15, 0.2) is 0 Å². The average molecular weight is 306 g/mol. The second kappa shape index (κ2) is 7.91. The van der Waals surface area contributed by atoms with Crippen molar-refractivity contribution in [2.75, 3.05) is 20.3 Å². The third kappa shape index (κ3) is 4.96. The summed E-state index contributed by atoms with van der Waals surface area (Å²) in [4.78, 5) is 0. The van der Waals surface area contributed by atoms with Crippen LogP contribution in [0.2, 0.25) is 5.02 Å². The van der Waals surface area contributed by atoms with Crippen LogP contribution in [-0.2, 0) is 6.54 Å². The molecule has 0 atom stereocenters. The quantitative estimate of drug-likeness (QED) is 0.789. The molecule has 0 saturated heterocycles. The molecule has 2 rings (SSSR count). The molecule has 4 heteroatoms. The Bertz CT molecular complexity index is 570. The lowest BCUT2D eigenvalue weighted by molar-refractivity contribution is 0.313. The van der Waals surface area contributed by atoms with Crippen LogP contribution in [0.15, 0.2) is 42.5 Å². The Morgan fingerprint density at radius 3 is 2.43 bits per heavy atom. The Morgan fingerprint density at radius 2 is 1.76 bits per heavy atom. The van der Waals surface area contributed by atoms with E-state index >= 15 is 0 Å². The maximum atomic E-state index is 5.98. The minimum atomic E-state index is 0.622. The summed E-state index contributed by atoms with van der Waals surface area (Å²) in [5, 5.41) is 4.11. The predicted molar refractivity (Wildman–Crippen MR) is 86.4 cm³/mol. The largest absolute Gasteiger partial charge is 0.497 e. The zero-order chi connectivity index (χ0) is 15.1. The fraction of sp³-hybridized carbons (Fsp3) is 0.294. The van der Waals surface area contributed by atoms with Gasteiger partial charge in [-0.05, 0) is 48.4 Å². The van der Waals surface area contributed by atoms with E-state index in [-0.39, 0.29) is 0 Å². The van der Waals surface area contributed by atoms with Crippen molar-refractivity contribution in [2.24, 2.45) is 0 Å². The first-order valence-electron chi connectivity index (χ1n) is 6.91. The fourth-order valence-electron chi connectivity index (χ4n) is 1.92. The molecular weight excluding hydrogens is 286 g/mol. The van der Waals surface area contributed by atoms with E-state index in [4.69, 9.17) is 21.1 Å². The second-order valence-electron chi connectivity index (χ2n) is 4.78. The Kier molecular flexibility index (Phi) is 5.90. The zero-order valence-corrected chi connectivity index (χ0v) is 13.1. The molecule has 0 aliphatic heterocycles. The smallest absolute Gasteiger partial charge is 0.119 e. The van der Waals surface area contributed by atoms with Gasteiger partial charge in [-0.2, -0.15) is 0 Å². The van der Waals surface area contributed by atoms with E-state index in [0.717, 1.165) is 35.2 Å². The van der Waals surface area contributed by atoms with E-state index in [0.29, 0.717) is 6.61 Å². The van der Waals surface area contributed by atoms with Crippen molar-refractivity contribution in [3.05, 3.63) is 58.6 Å². The van der Waals surface area contributed by atoms with Gasteiger partial charge in [0, 0.05) is 18.1 Å². The Balaban J connectivity index is 1.68. The minimum Gasteiger partial charge on any atom is -0.497 e. The van der Waals surface area contributed by atoms with Crippen molar-refractivity contribution in [3.8, 4) is 11.5 Å². The van der Waals surface area contributed by atoms with Crippen molar-refractivity contribution >= 4 is 11.6 Å². The molecule has 0 fully saturated rings. The monoisotopic (exact) mass is 305 g/mol. The SMILES string of the molecule is COc1ccc(CNCCOc2ccc(Cl)c(C)c2)cc1. The summed E-state index contributed by atoms with van der Waals surface area (Å²) in [5.74, 6) is 1.73. The molecule has 0 amide bonds. The van der Waals surface area contributed by atoms with Gasteiger partial charge in [0.25, 0.3) is 0 Å². The van der Waals surface area contributed by atoms with E-state index in [1.807, 2.05) is 37.3 Å². The van der Waals surface area contributed by atoms with Crippen molar-refractivity contribution in [2.45, 2.75) is 13.5 Å². The Hall–Kier alpha value is -1.71. The first-order valence-corrected chi connectivity index (χ1v) is 7.29. The van der Waals surface area contributed by atoms with Crippen LogP contribution in [-0.4, -0.2) is 20.3 Å². The normalized spacial score (nSPS) is 10.4. The van der Waals surface area contributed by atoms with Crippen molar-refractivity contribution in [1.29, 1.82) is 0 Å². The number of halogens is 1. The number of ether oxygens (including phenoxy) is 2. The van der Waals surface area contributed by atoms with Crippen LogP contribution in [0.3, 0.4) is 0 Å². The summed E-state index contributed by atoms with van der Waals surface area (Å²) >= 11 is 5.98. The van der Waals surface area contributed by atoms with Gasteiger partial charge in [-0.25, -0.2) is 0 Å². The van der Waals surface area contributed by atoms with E-state index in [1.54, 1.807) is 7.11 Å². The molecule has 0 aliphatic carbocycles. The summed E-state index contributed by atoms with van der Waals surface area (Å²) in [6, 6.07) is 13.7. The first kappa shape index (κ1) is 15.7. The number of methoxy groups -OCH3 is 1. The summed E-state index contributed by atoms with van der Waals surface area (Å²) in [5.41, 5.74) is 2.25. The molecule has 1 N–H and O–H groups in total. The lowest BCUT2D eigenvalue weighted by Crippen LogP contribution is -2.20. The Labute approximate surface area is 130 Å². The molecule has 0 spiro atoms. The van der Waals surface area contributed by atoms with Crippen LogP contribution in [0.4, 0.5) is 0 Å². The van der Waals surface area contributed by atoms with Gasteiger partial charge in [-0.3, -0.25) is 0 Å². The van der Waals surface area contributed by atoms with E-state index in [1.165, 1.54) is 5.56 Å². The van der Waals surface area contributed by atoms with Crippen LogP contribution in [0.5, 0.6) is 11.5 Å². The van der Waals surface area contributed by atoms with Gasteiger partial charge >= 0.3 is 0 Å². The lowest BCUT2D eigenvalue weighted by atomic mass is 10.2. The van der Waals surface area contributed by atoms with Crippen molar-refractivity contribution < 1.29 is 9.47 Å². The first-order chi connectivity index (χ1) is 10.2. The maximum absolute atomic E-state index is 5.98. The summed E-state index contributed by atoms with van der Waals surface area (Å²) in [7, 11) is 1.67. The number of aryl methyl sites for hydroxylation is 1. The average Bonchev–Trinajstić information content (AvgIpc) is 2.51. The van der Waals surface area contributed by atoms with Crippen LogP contribution in [0.1, 0.15) is 11.1 Å². The highest BCUT2D eigenvalue weighted by Crippen LogP contribution is 2.20. The summed E-state index contributed by atoms with van der Waals surface area (Å²) in [6.07, 6.45) is 0. The number of hydrogen-bond donors (Lipinski definition) is 1. The van der Waals surface area contributed by atoms with E-state index in [2.05, 4.69) is 17.4 Å². The highest BCUT2D eigenvalue weighted by molar-refractivity contribution is 6.31. The molecule has 2 aromatic carbocycles. The molecular formula is C17H20ClNO2.